The lowest BCUT2D eigenvalue weighted by Gasteiger charge is -1.97. The molecule has 1 aromatic carbocycles. The SMILES string of the molecule is CCc1ccc2c(c1)sc(=N)n2C. The summed E-state index contributed by atoms with van der Waals surface area (Å²) >= 11 is 1.54. The molecule has 0 fully saturated rings. The second-order valence-corrected chi connectivity index (χ2v) is 4.15. The molecule has 13 heavy (non-hydrogen) atoms. The molecule has 0 atom stereocenters. The molecule has 0 unspecified atom stereocenters. The second-order valence-electron chi connectivity index (χ2n) is 3.12. The fourth-order valence-electron chi connectivity index (χ4n) is 1.42. The molecule has 0 saturated heterocycles. The van der Waals surface area contributed by atoms with Gasteiger partial charge in [-0.2, -0.15) is 0 Å². The van der Waals surface area contributed by atoms with E-state index < -0.39 is 0 Å². The Hall–Kier alpha value is -1.09. The van der Waals surface area contributed by atoms with Gasteiger partial charge in [0.15, 0.2) is 4.80 Å². The van der Waals surface area contributed by atoms with Crippen molar-refractivity contribution in [3.63, 3.8) is 0 Å². The molecule has 0 aliphatic heterocycles. The van der Waals surface area contributed by atoms with Crippen LogP contribution in [0.4, 0.5) is 0 Å². The number of rotatable bonds is 1. The molecule has 0 saturated carbocycles. The van der Waals surface area contributed by atoms with Crippen LogP contribution in [0.25, 0.3) is 10.2 Å². The van der Waals surface area contributed by atoms with Crippen LogP contribution in [0.2, 0.25) is 0 Å². The number of benzene rings is 1. The zero-order chi connectivity index (χ0) is 9.42. The number of nitrogens with zero attached hydrogens (tertiary/aromatic N) is 1. The van der Waals surface area contributed by atoms with Gasteiger partial charge in [-0.25, -0.2) is 0 Å². The molecule has 1 heterocycles. The van der Waals surface area contributed by atoms with Gasteiger partial charge in [-0.1, -0.05) is 24.3 Å². The molecule has 2 rings (SSSR count). The maximum atomic E-state index is 7.66. The molecule has 0 aliphatic rings. The fraction of sp³-hybridized carbons (Fsp3) is 0.300. The summed E-state index contributed by atoms with van der Waals surface area (Å²) in [6, 6.07) is 6.41. The van der Waals surface area contributed by atoms with Crippen LogP contribution in [0.1, 0.15) is 12.5 Å². The van der Waals surface area contributed by atoms with Crippen LogP contribution >= 0.6 is 11.3 Å². The van der Waals surface area contributed by atoms with Crippen LogP contribution in [0.15, 0.2) is 18.2 Å². The lowest BCUT2D eigenvalue weighted by atomic mass is 10.2. The molecule has 1 aromatic heterocycles. The number of hydrogen-bond donors (Lipinski definition) is 1. The van der Waals surface area contributed by atoms with Gasteiger partial charge >= 0.3 is 0 Å². The molecule has 0 radical (unpaired) electrons. The molecular formula is C10H12N2S. The Morgan fingerprint density at radius 2 is 2.23 bits per heavy atom. The van der Waals surface area contributed by atoms with E-state index in [0.29, 0.717) is 4.80 Å². The lowest BCUT2D eigenvalue weighted by molar-refractivity contribution is 0.893. The zero-order valence-electron chi connectivity index (χ0n) is 7.79. The first kappa shape index (κ1) is 8.51. The molecule has 3 heteroatoms. The van der Waals surface area contributed by atoms with E-state index in [-0.39, 0.29) is 0 Å². The van der Waals surface area contributed by atoms with Crippen LogP contribution in [-0.2, 0) is 13.5 Å². The molecule has 68 valence electrons. The van der Waals surface area contributed by atoms with Crippen molar-refractivity contribution in [3.8, 4) is 0 Å². The van der Waals surface area contributed by atoms with E-state index in [2.05, 4.69) is 25.1 Å². The standard InChI is InChI=1S/C10H12N2S/c1-3-7-4-5-8-9(6-7)13-10(11)12(8)2/h4-6,11H,3H2,1-2H3. The van der Waals surface area contributed by atoms with Crippen molar-refractivity contribution >= 4 is 21.6 Å². The Morgan fingerprint density at radius 3 is 2.92 bits per heavy atom. The van der Waals surface area contributed by atoms with Gasteiger partial charge in [0.1, 0.15) is 0 Å². The molecule has 0 aliphatic carbocycles. The van der Waals surface area contributed by atoms with E-state index in [1.54, 1.807) is 0 Å². The van der Waals surface area contributed by atoms with Crippen LogP contribution in [0.3, 0.4) is 0 Å². The minimum absolute atomic E-state index is 0.614. The maximum absolute atomic E-state index is 7.66. The van der Waals surface area contributed by atoms with Gasteiger partial charge in [-0.15, -0.1) is 0 Å². The molecule has 0 spiro atoms. The highest BCUT2D eigenvalue weighted by molar-refractivity contribution is 7.16. The van der Waals surface area contributed by atoms with E-state index in [0.717, 1.165) is 11.9 Å². The maximum Gasteiger partial charge on any atom is 0.182 e. The number of thiazole rings is 1. The summed E-state index contributed by atoms with van der Waals surface area (Å²) in [5.41, 5.74) is 2.50. The first-order valence-corrected chi connectivity index (χ1v) is 5.17. The summed E-state index contributed by atoms with van der Waals surface area (Å²) in [6.45, 7) is 2.15. The third kappa shape index (κ3) is 1.29. The highest BCUT2D eigenvalue weighted by Crippen LogP contribution is 2.18. The van der Waals surface area contributed by atoms with Gasteiger partial charge in [-0.3, -0.25) is 5.41 Å². The summed E-state index contributed by atoms with van der Waals surface area (Å²) in [7, 11) is 1.94. The number of aryl methyl sites for hydroxylation is 2. The first-order chi connectivity index (χ1) is 6.22. The predicted molar refractivity (Wildman–Crippen MR) is 56.0 cm³/mol. The topological polar surface area (TPSA) is 28.8 Å². The Labute approximate surface area is 81.0 Å². The summed E-state index contributed by atoms with van der Waals surface area (Å²) in [5, 5.41) is 7.66. The normalized spacial score (nSPS) is 10.9. The van der Waals surface area contributed by atoms with Gasteiger partial charge in [0.25, 0.3) is 0 Å². The van der Waals surface area contributed by atoms with Crippen molar-refractivity contribution in [2.24, 2.45) is 7.05 Å². The summed E-state index contributed by atoms with van der Waals surface area (Å²) in [4.78, 5) is 0.614. The van der Waals surface area contributed by atoms with E-state index in [9.17, 15) is 0 Å². The Balaban J connectivity index is 2.80. The molecule has 0 amide bonds. The average Bonchev–Trinajstić information content (AvgIpc) is 2.42. The predicted octanol–water partition coefficient (Wildman–Crippen LogP) is 2.28. The van der Waals surface area contributed by atoms with Crippen molar-refractivity contribution < 1.29 is 0 Å². The number of hydrogen-bond acceptors (Lipinski definition) is 2. The van der Waals surface area contributed by atoms with Crippen molar-refractivity contribution in [1.82, 2.24) is 4.57 Å². The van der Waals surface area contributed by atoms with Gasteiger partial charge in [-0.05, 0) is 24.1 Å². The zero-order valence-corrected chi connectivity index (χ0v) is 8.61. The summed E-state index contributed by atoms with van der Waals surface area (Å²) < 4.78 is 3.13. The van der Waals surface area contributed by atoms with Gasteiger partial charge in [0, 0.05) is 7.05 Å². The van der Waals surface area contributed by atoms with Crippen molar-refractivity contribution in [2.45, 2.75) is 13.3 Å². The van der Waals surface area contributed by atoms with Crippen LogP contribution in [0.5, 0.6) is 0 Å². The average molecular weight is 192 g/mol. The Morgan fingerprint density at radius 1 is 1.46 bits per heavy atom. The van der Waals surface area contributed by atoms with Crippen LogP contribution in [-0.4, -0.2) is 4.57 Å². The third-order valence-corrected chi connectivity index (χ3v) is 3.32. The molecule has 1 N–H and O–H groups in total. The number of nitrogens with one attached hydrogen (secondary N) is 1. The molecule has 2 aromatic rings. The number of aromatic nitrogens is 1. The molecule has 2 nitrogen and oxygen atoms in total. The first-order valence-electron chi connectivity index (χ1n) is 4.35. The number of fused-ring (bicyclic) bond motifs is 1. The quantitative estimate of drug-likeness (QED) is 0.718. The van der Waals surface area contributed by atoms with Crippen molar-refractivity contribution in [3.05, 3.63) is 28.6 Å². The van der Waals surface area contributed by atoms with Crippen molar-refractivity contribution in [1.29, 1.82) is 5.41 Å². The van der Waals surface area contributed by atoms with Crippen molar-refractivity contribution in [2.75, 3.05) is 0 Å². The smallest absolute Gasteiger partial charge is 0.182 e. The second kappa shape index (κ2) is 3.00. The largest absolute Gasteiger partial charge is 0.320 e. The van der Waals surface area contributed by atoms with E-state index in [4.69, 9.17) is 5.41 Å². The molecule has 0 bridgehead atoms. The van der Waals surface area contributed by atoms with E-state index >= 15 is 0 Å². The Bertz CT molecular complexity index is 493. The third-order valence-electron chi connectivity index (χ3n) is 2.31. The highest BCUT2D eigenvalue weighted by atomic mass is 32.1. The molecular weight excluding hydrogens is 180 g/mol. The lowest BCUT2D eigenvalue weighted by Crippen LogP contribution is -2.06. The van der Waals surface area contributed by atoms with E-state index in [1.165, 1.54) is 21.6 Å². The highest BCUT2D eigenvalue weighted by Gasteiger charge is 2.01. The van der Waals surface area contributed by atoms with Crippen LogP contribution < -0.4 is 4.80 Å². The van der Waals surface area contributed by atoms with E-state index in [1.807, 2.05) is 11.6 Å². The van der Waals surface area contributed by atoms with Gasteiger partial charge in [0.05, 0.1) is 10.2 Å². The minimum atomic E-state index is 0.614. The fourth-order valence-corrected chi connectivity index (χ4v) is 2.38. The summed E-state index contributed by atoms with van der Waals surface area (Å²) in [6.07, 6.45) is 1.06. The van der Waals surface area contributed by atoms with Gasteiger partial charge in [0.2, 0.25) is 0 Å². The minimum Gasteiger partial charge on any atom is -0.320 e. The van der Waals surface area contributed by atoms with Crippen LogP contribution in [0, 0.1) is 5.41 Å². The summed E-state index contributed by atoms with van der Waals surface area (Å²) in [5.74, 6) is 0. The monoisotopic (exact) mass is 192 g/mol. The van der Waals surface area contributed by atoms with Gasteiger partial charge < -0.3 is 4.57 Å². The Kier molecular flexibility index (Phi) is 1.96.